The zero-order chi connectivity index (χ0) is 22.3. The molecule has 2 amide bonds. The van der Waals surface area contributed by atoms with Crippen molar-refractivity contribution in [3.8, 4) is 11.1 Å². The SMILES string of the molecule is O=C(N[C@@H](COCc1ccccc1)C(=O)NO)OCC1c2ccccc2-c2ccccc21. The van der Waals surface area contributed by atoms with Crippen LogP contribution in [0.5, 0.6) is 0 Å². The molecule has 1 aliphatic rings. The highest BCUT2D eigenvalue weighted by Crippen LogP contribution is 2.44. The van der Waals surface area contributed by atoms with Gasteiger partial charge in [0.25, 0.3) is 5.91 Å². The van der Waals surface area contributed by atoms with Gasteiger partial charge in [-0.1, -0.05) is 78.9 Å². The first kappa shape index (κ1) is 21.5. The van der Waals surface area contributed by atoms with Crippen molar-refractivity contribution in [2.75, 3.05) is 13.2 Å². The van der Waals surface area contributed by atoms with Crippen LogP contribution in [0.25, 0.3) is 11.1 Å². The maximum atomic E-state index is 12.4. The second-order valence-electron chi connectivity index (χ2n) is 7.50. The third-order valence-corrected chi connectivity index (χ3v) is 5.46. The van der Waals surface area contributed by atoms with E-state index >= 15 is 0 Å². The van der Waals surface area contributed by atoms with Gasteiger partial charge in [-0.25, -0.2) is 10.3 Å². The molecule has 3 N–H and O–H groups in total. The summed E-state index contributed by atoms with van der Waals surface area (Å²) in [5.41, 5.74) is 6.93. The number of hydroxylamine groups is 1. The van der Waals surface area contributed by atoms with Crippen LogP contribution in [0.4, 0.5) is 4.79 Å². The topological polar surface area (TPSA) is 96.9 Å². The third kappa shape index (κ3) is 4.80. The summed E-state index contributed by atoms with van der Waals surface area (Å²) in [4.78, 5) is 24.4. The van der Waals surface area contributed by atoms with E-state index in [4.69, 9.17) is 14.7 Å². The number of fused-ring (bicyclic) bond motifs is 3. The van der Waals surface area contributed by atoms with Crippen LogP contribution in [-0.4, -0.2) is 36.5 Å². The largest absolute Gasteiger partial charge is 0.449 e. The number of nitrogens with one attached hydrogen (secondary N) is 2. The molecule has 1 atom stereocenters. The molecule has 0 saturated carbocycles. The van der Waals surface area contributed by atoms with Crippen LogP contribution in [0.2, 0.25) is 0 Å². The fraction of sp³-hybridized carbons (Fsp3) is 0.200. The molecule has 0 aromatic heterocycles. The van der Waals surface area contributed by atoms with E-state index in [0.717, 1.165) is 27.8 Å². The summed E-state index contributed by atoms with van der Waals surface area (Å²) >= 11 is 0. The number of carbonyl (C=O) groups excluding carboxylic acids is 2. The molecule has 32 heavy (non-hydrogen) atoms. The summed E-state index contributed by atoms with van der Waals surface area (Å²) in [6, 6.07) is 24.4. The number of hydrogen-bond acceptors (Lipinski definition) is 5. The first-order valence-corrected chi connectivity index (χ1v) is 10.3. The van der Waals surface area contributed by atoms with Crippen molar-refractivity contribution in [2.24, 2.45) is 0 Å². The van der Waals surface area contributed by atoms with Crippen LogP contribution in [0.3, 0.4) is 0 Å². The zero-order valence-electron chi connectivity index (χ0n) is 17.4. The van der Waals surface area contributed by atoms with Gasteiger partial charge in [0.15, 0.2) is 0 Å². The van der Waals surface area contributed by atoms with Crippen LogP contribution in [0.15, 0.2) is 78.9 Å². The highest BCUT2D eigenvalue weighted by atomic mass is 16.5. The Kier molecular flexibility index (Phi) is 6.79. The van der Waals surface area contributed by atoms with E-state index < -0.39 is 18.0 Å². The fourth-order valence-electron chi connectivity index (χ4n) is 3.91. The number of amides is 2. The van der Waals surface area contributed by atoms with Crippen molar-refractivity contribution >= 4 is 12.0 Å². The van der Waals surface area contributed by atoms with E-state index in [-0.39, 0.29) is 25.7 Å². The zero-order valence-corrected chi connectivity index (χ0v) is 17.4. The maximum absolute atomic E-state index is 12.4. The number of ether oxygens (including phenoxy) is 2. The van der Waals surface area contributed by atoms with Crippen LogP contribution >= 0.6 is 0 Å². The van der Waals surface area contributed by atoms with Crippen molar-refractivity contribution in [3.05, 3.63) is 95.6 Å². The lowest BCUT2D eigenvalue weighted by atomic mass is 9.98. The van der Waals surface area contributed by atoms with E-state index in [0.29, 0.717) is 0 Å². The van der Waals surface area contributed by atoms with Crippen molar-refractivity contribution < 1.29 is 24.3 Å². The summed E-state index contributed by atoms with van der Waals surface area (Å²) in [6.07, 6.45) is -0.760. The van der Waals surface area contributed by atoms with Gasteiger partial charge in [0.1, 0.15) is 12.6 Å². The minimum absolute atomic E-state index is 0.0902. The fourth-order valence-corrected chi connectivity index (χ4v) is 3.91. The molecule has 3 aromatic rings. The molecule has 0 fully saturated rings. The third-order valence-electron chi connectivity index (χ3n) is 5.46. The van der Waals surface area contributed by atoms with Gasteiger partial charge in [-0.3, -0.25) is 10.0 Å². The van der Waals surface area contributed by atoms with Crippen LogP contribution in [-0.2, 0) is 20.9 Å². The molecule has 0 saturated heterocycles. The van der Waals surface area contributed by atoms with Gasteiger partial charge in [0.2, 0.25) is 0 Å². The van der Waals surface area contributed by atoms with Crippen molar-refractivity contribution in [2.45, 2.75) is 18.6 Å². The highest BCUT2D eigenvalue weighted by Gasteiger charge is 2.29. The standard InChI is InChI=1S/C25H24N2O5/c28-24(27-30)23(16-31-14-17-8-2-1-3-9-17)26-25(29)32-15-22-20-12-6-4-10-18(20)19-11-5-7-13-21(19)22/h1-13,22-23,30H,14-16H2,(H,26,29)(H,27,28)/t23-/m0/s1. The molecule has 0 spiro atoms. The number of hydrogen-bond donors (Lipinski definition) is 3. The molecule has 164 valence electrons. The second-order valence-corrected chi connectivity index (χ2v) is 7.50. The van der Waals surface area contributed by atoms with Crippen molar-refractivity contribution in [3.63, 3.8) is 0 Å². The molecular formula is C25H24N2O5. The smallest absolute Gasteiger partial charge is 0.407 e. The summed E-state index contributed by atoms with van der Waals surface area (Å²) in [7, 11) is 0. The Morgan fingerprint density at radius 1 is 0.875 bits per heavy atom. The molecule has 3 aromatic carbocycles. The van der Waals surface area contributed by atoms with Gasteiger partial charge in [-0.2, -0.15) is 0 Å². The quantitative estimate of drug-likeness (QED) is 0.373. The lowest BCUT2D eigenvalue weighted by Crippen LogP contribution is -2.49. The Balaban J connectivity index is 1.36. The van der Waals surface area contributed by atoms with Gasteiger partial charge in [-0.05, 0) is 27.8 Å². The van der Waals surface area contributed by atoms with E-state index in [9.17, 15) is 9.59 Å². The average Bonchev–Trinajstić information content (AvgIpc) is 3.16. The number of benzene rings is 3. The Hall–Kier alpha value is -3.68. The minimum atomic E-state index is -1.10. The lowest BCUT2D eigenvalue weighted by molar-refractivity contribution is -0.133. The number of rotatable bonds is 8. The Morgan fingerprint density at radius 2 is 1.47 bits per heavy atom. The van der Waals surface area contributed by atoms with E-state index in [1.165, 1.54) is 0 Å². The van der Waals surface area contributed by atoms with Crippen molar-refractivity contribution in [1.29, 1.82) is 0 Å². The van der Waals surface area contributed by atoms with Gasteiger partial charge < -0.3 is 14.8 Å². The van der Waals surface area contributed by atoms with Crippen molar-refractivity contribution in [1.82, 2.24) is 10.8 Å². The Labute approximate surface area is 185 Å². The lowest BCUT2D eigenvalue weighted by Gasteiger charge is -2.19. The van der Waals surface area contributed by atoms with Gasteiger partial charge in [-0.15, -0.1) is 0 Å². The number of carbonyl (C=O) groups is 2. The monoisotopic (exact) mass is 432 g/mol. The van der Waals surface area contributed by atoms with Gasteiger partial charge in [0.05, 0.1) is 13.2 Å². The normalized spacial score (nSPS) is 13.0. The molecule has 0 aliphatic heterocycles. The maximum Gasteiger partial charge on any atom is 0.407 e. The Morgan fingerprint density at radius 3 is 2.09 bits per heavy atom. The Bertz CT molecular complexity index is 1040. The summed E-state index contributed by atoms with van der Waals surface area (Å²) < 4.78 is 11.0. The van der Waals surface area contributed by atoms with Crippen LogP contribution in [0.1, 0.15) is 22.6 Å². The summed E-state index contributed by atoms with van der Waals surface area (Å²) in [5.74, 6) is -0.876. The molecule has 7 heteroatoms. The molecule has 0 bridgehead atoms. The summed E-state index contributed by atoms with van der Waals surface area (Å²) in [6.45, 7) is 0.270. The molecule has 7 nitrogen and oxygen atoms in total. The minimum Gasteiger partial charge on any atom is -0.449 e. The average molecular weight is 432 g/mol. The molecule has 0 radical (unpaired) electrons. The first-order chi connectivity index (χ1) is 15.7. The van der Waals surface area contributed by atoms with Crippen LogP contribution < -0.4 is 10.8 Å². The highest BCUT2D eigenvalue weighted by molar-refractivity contribution is 5.85. The molecule has 1 aliphatic carbocycles. The number of alkyl carbamates (subject to hydrolysis) is 1. The summed E-state index contributed by atoms with van der Waals surface area (Å²) in [5, 5.41) is 11.5. The predicted molar refractivity (Wildman–Crippen MR) is 118 cm³/mol. The molecule has 0 unspecified atom stereocenters. The first-order valence-electron chi connectivity index (χ1n) is 10.3. The van der Waals surface area contributed by atoms with Gasteiger partial charge >= 0.3 is 6.09 Å². The van der Waals surface area contributed by atoms with E-state index in [2.05, 4.69) is 17.4 Å². The predicted octanol–water partition coefficient (Wildman–Crippen LogP) is 3.62. The van der Waals surface area contributed by atoms with E-state index in [1.54, 1.807) is 5.48 Å². The molecule has 4 rings (SSSR count). The second kappa shape index (κ2) is 10.1. The molecular weight excluding hydrogens is 408 g/mol. The van der Waals surface area contributed by atoms with Crippen LogP contribution in [0, 0.1) is 0 Å². The molecule has 0 heterocycles. The van der Waals surface area contributed by atoms with E-state index in [1.807, 2.05) is 66.7 Å². The van der Waals surface area contributed by atoms with Gasteiger partial charge in [0, 0.05) is 5.92 Å².